The van der Waals surface area contributed by atoms with Crippen molar-refractivity contribution in [3.8, 4) is 5.75 Å². The Morgan fingerprint density at radius 3 is 2.78 bits per heavy atom. The molecule has 2 heterocycles. The fourth-order valence-corrected chi connectivity index (χ4v) is 3.95. The molecule has 1 aromatic rings. The summed E-state index contributed by atoms with van der Waals surface area (Å²) in [5.41, 5.74) is 1.14. The van der Waals surface area contributed by atoms with E-state index in [4.69, 9.17) is 9.47 Å². The zero-order chi connectivity index (χ0) is 16.4. The van der Waals surface area contributed by atoms with Crippen molar-refractivity contribution in [2.45, 2.75) is 70.7 Å². The number of hydrogen-bond acceptors (Lipinski definition) is 4. The minimum absolute atomic E-state index is 0.00345. The number of hydrogen-bond donors (Lipinski definition) is 1. The van der Waals surface area contributed by atoms with Gasteiger partial charge in [0.05, 0.1) is 12.2 Å². The van der Waals surface area contributed by atoms with Crippen molar-refractivity contribution in [2.75, 3.05) is 0 Å². The predicted octanol–water partition coefficient (Wildman–Crippen LogP) is 3.85. The lowest BCUT2D eigenvalue weighted by Crippen LogP contribution is -2.37. The average Bonchev–Trinajstić information content (AvgIpc) is 2.46. The SMILES string of the molecule is CCCC1C[C@H]2CC(C)CC(Cc3cccc(O)c3C(=O)O1)O2. The van der Waals surface area contributed by atoms with Crippen LogP contribution < -0.4 is 0 Å². The number of benzene rings is 1. The summed E-state index contributed by atoms with van der Waals surface area (Å²) >= 11 is 0. The van der Waals surface area contributed by atoms with E-state index in [-0.39, 0.29) is 24.1 Å². The van der Waals surface area contributed by atoms with Crippen molar-refractivity contribution in [3.63, 3.8) is 0 Å². The number of fused-ring (bicyclic) bond motifs is 3. The Kier molecular flexibility index (Phi) is 4.90. The predicted molar refractivity (Wildman–Crippen MR) is 87.6 cm³/mol. The monoisotopic (exact) mass is 318 g/mol. The van der Waals surface area contributed by atoms with Gasteiger partial charge in [-0.3, -0.25) is 0 Å². The summed E-state index contributed by atoms with van der Waals surface area (Å²) in [4.78, 5) is 12.6. The maximum atomic E-state index is 12.6. The van der Waals surface area contributed by atoms with Crippen LogP contribution in [0.1, 0.15) is 61.9 Å². The lowest BCUT2D eigenvalue weighted by molar-refractivity contribution is -0.0881. The number of carbonyl (C=O) groups is 1. The highest BCUT2D eigenvalue weighted by Crippen LogP contribution is 2.34. The lowest BCUT2D eigenvalue weighted by atomic mass is 9.87. The molecule has 0 spiro atoms. The number of carbonyl (C=O) groups excluding carboxylic acids is 1. The van der Waals surface area contributed by atoms with Gasteiger partial charge >= 0.3 is 5.97 Å². The molecular formula is C19H26O4. The molecule has 2 bridgehead atoms. The van der Waals surface area contributed by atoms with Crippen molar-refractivity contribution >= 4 is 5.97 Å². The highest BCUT2D eigenvalue weighted by Gasteiger charge is 2.33. The van der Waals surface area contributed by atoms with Gasteiger partial charge < -0.3 is 14.6 Å². The van der Waals surface area contributed by atoms with Gasteiger partial charge in [0.1, 0.15) is 17.4 Å². The van der Waals surface area contributed by atoms with Gasteiger partial charge in [-0.05, 0) is 43.2 Å². The maximum Gasteiger partial charge on any atom is 0.342 e. The Bertz CT molecular complexity index is 568. The number of aromatic hydroxyl groups is 1. The fourth-order valence-electron chi connectivity index (χ4n) is 3.95. The summed E-state index contributed by atoms with van der Waals surface area (Å²) in [5.74, 6) is 0.213. The van der Waals surface area contributed by atoms with Gasteiger partial charge in [0, 0.05) is 6.42 Å². The van der Waals surface area contributed by atoms with Crippen molar-refractivity contribution < 1.29 is 19.4 Å². The quantitative estimate of drug-likeness (QED) is 0.842. The molecule has 4 nitrogen and oxygen atoms in total. The van der Waals surface area contributed by atoms with Crippen LogP contribution in [0.5, 0.6) is 5.75 Å². The van der Waals surface area contributed by atoms with Crippen LogP contribution in [0, 0.1) is 5.92 Å². The van der Waals surface area contributed by atoms with Crippen LogP contribution >= 0.6 is 0 Å². The molecule has 0 aliphatic carbocycles. The van der Waals surface area contributed by atoms with E-state index in [1.165, 1.54) is 0 Å². The van der Waals surface area contributed by atoms with E-state index in [9.17, 15) is 9.90 Å². The Morgan fingerprint density at radius 2 is 2.00 bits per heavy atom. The molecule has 1 saturated heterocycles. The molecule has 2 aliphatic heterocycles. The number of cyclic esters (lactones) is 1. The summed E-state index contributed by atoms with van der Waals surface area (Å²) in [6, 6.07) is 5.22. The van der Waals surface area contributed by atoms with Crippen molar-refractivity contribution in [2.24, 2.45) is 5.92 Å². The van der Waals surface area contributed by atoms with E-state index < -0.39 is 5.97 Å². The zero-order valence-corrected chi connectivity index (χ0v) is 14.0. The molecule has 3 unspecified atom stereocenters. The van der Waals surface area contributed by atoms with Crippen molar-refractivity contribution in [3.05, 3.63) is 29.3 Å². The molecular weight excluding hydrogens is 292 g/mol. The van der Waals surface area contributed by atoms with Crippen LogP contribution in [-0.4, -0.2) is 29.4 Å². The Morgan fingerprint density at radius 1 is 1.22 bits per heavy atom. The van der Waals surface area contributed by atoms with Crippen LogP contribution in [0.15, 0.2) is 18.2 Å². The maximum absolute atomic E-state index is 12.6. The fraction of sp³-hybridized carbons (Fsp3) is 0.632. The second-order valence-corrected chi connectivity index (χ2v) is 7.02. The summed E-state index contributed by atoms with van der Waals surface area (Å²) in [6.45, 7) is 4.35. The van der Waals surface area contributed by atoms with Crippen LogP contribution in [-0.2, 0) is 15.9 Å². The normalized spacial score (nSPS) is 31.1. The minimum Gasteiger partial charge on any atom is -0.507 e. The number of esters is 1. The highest BCUT2D eigenvalue weighted by atomic mass is 16.5. The van der Waals surface area contributed by atoms with Crippen LogP contribution in [0.2, 0.25) is 0 Å². The molecule has 23 heavy (non-hydrogen) atoms. The molecule has 0 amide bonds. The standard InChI is InChI=1S/C19H26O4/c1-3-5-14-11-16-9-12(2)8-15(22-16)10-13-6-4-7-17(20)18(13)19(21)23-14/h4,6-7,12,14-16,20H,3,5,8-11H2,1-2H3/t12?,14?,15?,16-/m1/s1. The number of phenols is 1. The van der Waals surface area contributed by atoms with E-state index in [1.54, 1.807) is 12.1 Å². The van der Waals surface area contributed by atoms with Crippen LogP contribution in [0.4, 0.5) is 0 Å². The van der Waals surface area contributed by atoms with Gasteiger partial charge in [-0.15, -0.1) is 0 Å². The molecule has 4 atom stereocenters. The van der Waals surface area contributed by atoms with E-state index in [0.29, 0.717) is 17.9 Å². The van der Waals surface area contributed by atoms with Crippen molar-refractivity contribution in [1.82, 2.24) is 0 Å². The van der Waals surface area contributed by atoms with E-state index in [1.807, 2.05) is 6.07 Å². The Balaban J connectivity index is 1.96. The summed E-state index contributed by atoms with van der Waals surface area (Å²) in [7, 11) is 0. The first-order valence-corrected chi connectivity index (χ1v) is 8.74. The number of ether oxygens (including phenoxy) is 2. The third kappa shape index (κ3) is 3.69. The molecule has 4 heteroatoms. The van der Waals surface area contributed by atoms with Gasteiger partial charge in [0.15, 0.2) is 0 Å². The second kappa shape index (κ2) is 6.91. The lowest BCUT2D eigenvalue weighted by Gasteiger charge is -2.37. The van der Waals surface area contributed by atoms with E-state index in [2.05, 4.69) is 13.8 Å². The van der Waals surface area contributed by atoms with E-state index in [0.717, 1.165) is 37.7 Å². The Labute approximate surface area is 137 Å². The van der Waals surface area contributed by atoms with Crippen LogP contribution in [0.25, 0.3) is 0 Å². The van der Waals surface area contributed by atoms with Gasteiger partial charge in [-0.25, -0.2) is 4.79 Å². The first-order chi connectivity index (χ1) is 11.1. The summed E-state index contributed by atoms with van der Waals surface area (Å²) < 4.78 is 12.0. The average molecular weight is 318 g/mol. The third-order valence-corrected chi connectivity index (χ3v) is 4.91. The molecule has 3 rings (SSSR count). The third-order valence-electron chi connectivity index (χ3n) is 4.91. The summed E-state index contributed by atoms with van der Waals surface area (Å²) in [5, 5.41) is 10.2. The molecule has 126 valence electrons. The molecule has 0 radical (unpaired) electrons. The highest BCUT2D eigenvalue weighted by molar-refractivity contribution is 5.94. The first-order valence-electron chi connectivity index (χ1n) is 8.74. The van der Waals surface area contributed by atoms with E-state index >= 15 is 0 Å². The van der Waals surface area contributed by atoms with Gasteiger partial charge in [0.2, 0.25) is 0 Å². The van der Waals surface area contributed by atoms with Crippen molar-refractivity contribution in [1.29, 1.82) is 0 Å². The second-order valence-electron chi connectivity index (χ2n) is 7.02. The topological polar surface area (TPSA) is 55.8 Å². The molecule has 0 aromatic heterocycles. The molecule has 1 aromatic carbocycles. The Hall–Kier alpha value is -1.55. The first kappa shape index (κ1) is 16.3. The zero-order valence-electron chi connectivity index (χ0n) is 14.0. The van der Waals surface area contributed by atoms with Gasteiger partial charge in [-0.1, -0.05) is 32.4 Å². The van der Waals surface area contributed by atoms with Gasteiger partial charge in [0.25, 0.3) is 0 Å². The van der Waals surface area contributed by atoms with Gasteiger partial charge in [-0.2, -0.15) is 0 Å². The molecule has 1 N–H and O–H groups in total. The summed E-state index contributed by atoms with van der Waals surface area (Å²) in [6.07, 6.45) is 5.34. The molecule has 1 fully saturated rings. The van der Waals surface area contributed by atoms with Crippen LogP contribution in [0.3, 0.4) is 0 Å². The minimum atomic E-state index is -0.399. The molecule has 2 aliphatic rings. The molecule has 0 saturated carbocycles. The number of rotatable bonds is 2. The number of phenolic OH excluding ortho intramolecular Hbond substituents is 1. The largest absolute Gasteiger partial charge is 0.507 e. The smallest absolute Gasteiger partial charge is 0.342 e.